The topological polar surface area (TPSA) is 29.3 Å². The maximum Gasteiger partial charge on any atom is 0.00653 e. The molecule has 1 atom stereocenters. The summed E-state index contributed by atoms with van der Waals surface area (Å²) in [4.78, 5) is 2.38. The number of hydrogen-bond donors (Lipinski definition) is 1. The zero-order chi connectivity index (χ0) is 8.48. The highest BCUT2D eigenvalue weighted by atomic mass is 15.1. The second-order valence-electron chi connectivity index (χ2n) is 4.25. The fourth-order valence-corrected chi connectivity index (χ4v) is 1.58. The zero-order valence-electron chi connectivity index (χ0n) is 7.93. The van der Waals surface area contributed by atoms with Crippen molar-refractivity contribution in [2.75, 3.05) is 20.1 Å². The molecule has 66 valence electrons. The van der Waals surface area contributed by atoms with Crippen molar-refractivity contribution in [3.8, 4) is 0 Å². The van der Waals surface area contributed by atoms with Crippen LogP contribution in [0.4, 0.5) is 0 Å². The molecule has 0 aromatic heterocycles. The monoisotopic (exact) mass is 156 g/mol. The lowest BCUT2D eigenvalue weighted by molar-refractivity contribution is 0.118. The minimum Gasteiger partial charge on any atom is -0.327 e. The molecule has 0 amide bonds. The normalized spacial score (nSPS) is 28.4. The van der Waals surface area contributed by atoms with E-state index in [0.29, 0.717) is 11.5 Å². The highest BCUT2D eigenvalue weighted by molar-refractivity contribution is 4.87. The summed E-state index contributed by atoms with van der Waals surface area (Å²) in [7, 11) is 2.18. The number of likely N-dealkylation sites (tertiary alicyclic amines) is 1. The molecule has 1 fully saturated rings. The Balaban J connectivity index is 2.48. The summed E-state index contributed by atoms with van der Waals surface area (Å²) in [5, 5.41) is 0. The van der Waals surface area contributed by atoms with Crippen molar-refractivity contribution >= 4 is 0 Å². The van der Waals surface area contributed by atoms with Crippen molar-refractivity contribution in [3.05, 3.63) is 0 Å². The maximum absolute atomic E-state index is 5.93. The Morgan fingerprint density at radius 2 is 1.82 bits per heavy atom. The quantitative estimate of drug-likeness (QED) is 0.615. The molecule has 0 spiro atoms. The van der Waals surface area contributed by atoms with E-state index in [1.54, 1.807) is 0 Å². The molecule has 0 aromatic rings. The maximum atomic E-state index is 5.93. The SMILES string of the molecule is CC(N)C1(C)CCN(C)CC1. The molecule has 1 rings (SSSR count). The molecule has 1 aliphatic rings. The summed E-state index contributed by atoms with van der Waals surface area (Å²) in [6, 6.07) is 0.344. The summed E-state index contributed by atoms with van der Waals surface area (Å²) in [6.07, 6.45) is 2.50. The van der Waals surface area contributed by atoms with Crippen LogP contribution in [0.5, 0.6) is 0 Å². The summed E-state index contributed by atoms with van der Waals surface area (Å²) < 4.78 is 0. The Bertz CT molecular complexity index is 124. The molecule has 0 saturated carbocycles. The number of hydrogen-bond acceptors (Lipinski definition) is 2. The van der Waals surface area contributed by atoms with Gasteiger partial charge in [0.2, 0.25) is 0 Å². The molecule has 2 N–H and O–H groups in total. The van der Waals surface area contributed by atoms with Crippen LogP contribution in [0.3, 0.4) is 0 Å². The van der Waals surface area contributed by atoms with Crippen LogP contribution < -0.4 is 5.73 Å². The van der Waals surface area contributed by atoms with Gasteiger partial charge in [-0.2, -0.15) is 0 Å². The minimum absolute atomic E-state index is 0.344. The molecule has 0 aliphatic carbocycles. The van der Waals surface area contributed by atoms with E-state index in [9.17, 15) is 0 Å². The summed E-state index contributed by atoms with van der Waals surface area (Å²) >= 11 is 0. The molecule has 0 bridgehead atoms. The average molecular weight is 156 g/mol. The van der Waals surface area contributed by atoms with E-state index < -0.39 is 0 Å². The molecule has 0 aromatic carbocycles. The molecule has 2 nitrogen and oxygen atoms in total. The van der Waals surface area contributed by atoms with Gasteiger partial charge in [-0.1, -0.05) is 6.92 Å². The lowest BCUT2D eigenvalue weighted by atomic mass is 9.75. The van der Waals surface area contributed by atoms with E-state index in [1.807, 2.05) is 0 Å². The fourth-order valence-electron chi connectivity index (χ4n) is 1.58. The van der Waals surface area contributed by atoms with Crippen LogP contribution in [0.2, 0.25) is 0 Å². The van der Waals surface area contributed by atoms with Gasteiger partial charge in [0.05, 0.1) is 0 Å². The van der Waals surface area contributed by atoms with Gasteiger partial charge in [-0.05, 0) is 45.3 Å². The fraction of sp³-hybridized carbons (Fsp3) is 1.00. The molecule has 1 saturated heterocycles. The summed E-state index contributed by atoms with van der Waals surface area (Å²) in [6.45, 7) is 6.85. The number of nitrogens with zero attached hydrogens (tertiary/aromatic N) is 1. The van der Waals surface area contributed by atoms with Gasteiger partial charge in [0.25, 0.3) is 0 Å². The summed E-state index contributed by atoms with van der Waals surface area (Å²) in [5.74, 6) is 0. The Labute approximate surface area is 69.8 Å². The first-order valence-corrected chi connectivity index (χ1v) is 4.49. The molecule has 2 heteroatoms. The van der Waals surface area contributed by atoms with E-state index >= 15 is 0 Å². The Hall–Kier alpha value is -0.0800. The van der Waals surface area contributed by atoms with Crippen molar-refractivity contribution in [1.29, 1.82) is 0 Å². The third-order valence-electron chi connectivity index (χ3n) is 3.23. The van der Waals surface area contributed by atoms with E-state index in [1.165, 1.54) is 25.9 Å². The molecule has 1 aliphatic heterocycles. The van der Waals surface area contributed by atoms with Gasteiger partial charge in [0, 0.05) is 6.04 Å². The molecule has 11 heavy (non-hydrogen) atoms. The van der Waals surface area contributed by atoms with Gasteiger partial charge in [-0.3, -0.25) is 0 Å². The minimum atomic E-state index is 0.344. The van der Waals surface area contributed by atoms with Gasteiger partial charge in [-0.15, -0.1) is 0 Å². The Kier molecular flexibility index (Phi) is 2.55. The van der Waals surface area contributed by atoms with Crippen LogP contribution in [-0.2, 0) is 0 Å². The van der Waals surface area contributed by atoms with E-state index in [0.717, 1.165) is 0 Å². The number of nitrogens with two attached hydrogens (primary N) is 1. The van der Waals surface area contributed by atoms with Crippen molar-refractivity contribution in [2.24, 2.45) is 11.1 Å². The van der Waals surface area contributed by atoms with Gasteiger partial charge in [0.15, 0.2) is 0 Å². The first kappa shape index (κ1) is 9.01. The Morgan fingerprint density at radius 1 is 1.36 bits per heavy atom. The van der Waals surface area contributed by atoms with Crippen molar-refractivity contribution in [1.82, 2.24) is 4.90 Å². The lowest BCUT2D eigenvalue weighted by Crippen LogP contribution is -2.45. The van der Waals surface area contributed by atoms with E-state index in [-0.39, 0.29) is 0 Å². The second kappa shape index (κ2) is 3.11. The van der Waals surface area contributed by atoms with Gasteiger partial charge >= 0.3 is 0 Å². The molecular weight excluding hydrogens is 136 g/mol. The average Bonchev–Trinajstić information content (AvgIpc) is 1.95. The third-order valence-corrected chi connectivity index (χ3v) is 3.23. The van der Waals surface area contributed by atoms with Crippen LogP contribution >= 0.6 is 0 Å². The highest BCUT2D eigenvalue weighted by Crippen LogP contribution is 2.32. The molecule has 1 unspecified atom stereocenters. The zero-order valence-corrected chi connectivity index (χ0v) is 7.93. The first-order valence-electron chi connectivity index (χ1n) is 4.49. The van der Waals surface area contributed by atoms with Gasteiger partial charge < -0.3 is 10.6 Å². The van der Waals surface area contributed by atoms with Gasteiger partial charge in [-0.25, -0.2) is 0 Å². The Morgan fingerprint density at radius 3 is 2.18 bits per heavy atom. The van der Waals surface area contributed by atoms with Crippen LogP contribution in [0.1, 0.15) is 26.7 Å². The largest absolute Gasteiger partial charge is 0.327 e. The van der Waals surface area contributed by atoms with Crippen LogP contribution in [0.15, 0.2) is 0 Å². The van der Waals surface area contributed by atoms with Crippen molar-refractivity contribution in [3.63, 3.8) is 0 Å². The van der Waals surface area contributed by atoms with Crippen LogP contribution in [0, 0.1) is 5.41 Å². The highest BCUT2D eigenvalue weighted by Gasteiger charge is 2.31. The standard InChI is InChI=1S/C9H20N2/c1-8(10)9(2)4-6-11(3)7-5-9/h8H,4-7,10H2,1-3H3. The van der Waals surface area contributed by atoms with Gasteiger partial charge in [0.1, 0.15) is 0 Å². The number of rotatable bonds is 1. The molecular formula is C9H20N2. The smallest absolute Gasteiger partial charge is 0.00653 e. The predicted octanol–water partition coefficient (Wildman–Crippen LogP) is 1.07. The van der Waals surface area contributed by atoms with E-state index in [2.05, 4.69) is 25.8 Å². The van der Waals surface area contributed by atoms with Crippen LogP contribution in [-0.4, -0.2) is 31.1 Å². The number of piperidine rings is 1. The van der Waals surface area contributed by atoms with E-state index in [4.69, 9.17) is 5.73 Å². The summed E-state index contributed by atoms with van der Waals surface area (Å²) in [5.41, 5.74) is 6.32. The van der Waals surface area contributed by atoms with Crippen molar-refractivity contribution in [2.45, 2.75) is 32.7 Å². The lowest BCUT2D eigenvalue weighted by Gasteiger charge is -2.40. The van der Waals surface area contributed by atoms with Crippen LogP contribution in [0.25, 0.3) is 0 Å². The second-order valence-corrected chi connectivity index (χ2v) is 4.25. The first-order chi connectivity index (χ1) is 5.04. The third kappa shape index (κ3) is 1.94. The molecule has 0 radical (unpaired) electrons. The predicted molar refractivity (Wildman–Crippen MR) is 48.5 cm³/mol. The molecule has 1 heterocycles. The van der Waals surface area contributed by atoms with Crippen molar-refractivity contribution < 1.29 is 0 Å².